The van der Waals surface area contributed by atoms with Gasteiger partial charge in [-0.3, -0.25) is 0 Å². The van der Waals surface area contributed by atoms with E-state index in [9.17, 15) is 8.42 Å². The number of hydrogen-bond acceptors (Lipinski definition) is 4. The fourth-order valence-corrected chi connectivity index (χ4v) is 1.82. The molecule has 0 aliphatic heterocycles. The second kappa shape index (κ2) is 7.20. The zero-order valence-electron chi connectivity index (χ0n) is 8.99. The van der Waals surface area contributed by atoms with E-state index in [-0.39, 0.29) is 24.2 Å². The number of aliphatic hydroxyl groups excluding tert-OH is 1. The predicted octanol–water partition coefficient (Wildman–Crippen LogP) is 0.172. The Balaban J connectivity index is 3.54. The Morgan fingerprint density at radius 2 is 2.07 bits per heavy atom. The maximum atomic E-state index is 11.1. The highest BCUT2D eigenvalue weighted by Crippen LogP contribution is 1.95. The van der Waals surface area contributed by atoms with E-state index in [1.807, 2.05) is 6.92 Å². The minimum absolute atomic E-state index is 0.194. The molecule has 0 rings (SSSR count). The van der Waals surface area contributed by atoms with Gasteiger partial charge in [0.15, 0.2) is 9.84 Å². The predicted molar refractivity (Wildman–Crippen MR) is 58.1 cm³/mol. The van der Waals surface area contributed by atoms with Gasteiger partial charge in [0.2, 0.25) is 0 Å². The fraction of sp³-hybridized carbons (Fsp3) is 1.00. The average Bonchev–Trinajstić information content (AvgIpc) is 2.14. The quantitative estimate of drug-likeness (QED) is 0.616. The van der Waals surface area contributed by atoms with Gasteiger partial charge in [-0.05, 0) is 19.8 Å². The molecule has 0 radical (unpaired) electrons. The molecule has 0 bridgehead atoms. The van der Waals surface area contributed by atoms with E-state index < -0.39 is 9.84 Å². The van der Waals surface area contributed by atoms with E-state index in [1.54, 1.807) is 6.92 Å². The summed E-state index contributed by atoms with van der Waals surface area (Å²) in [5, 5.41) is 11.7. The molecular weight excluding hydrogens is 202 g/mol. The van der Waals surface area contributed by atoms with E-state index in [0.29, 0.717) is 6.54 Å². The standard InChI is InChI=1S/C9H21NO3S/c1-3-14(12,13)8-6-10-9(2)5-4-7-11/h9-11H,3-8H2,1-2H3. The van der Waals surface area contributed by atoms with Crippen molar-refractivity contribution in [3.63, 3.8) is 0 Å². The maximum Gasteiger partial charge on any atom is 0.151 e. The van der Waals surface area contributed by atoms with Gasteiger partial charge >= 0.3 is 0 Å². The van der Waals surface area contributed by atoms with Crippen molar-refractivity contribution in [2.75, 3.05) is 24.7 Å². The third kappa shape index (κ3) is 7.29. The summed E-state index contributed by atoms with van der Waals surface area (Å²) in [5.41, 5.74) is 0. The summed E-state index contributed by atoms with van der Waals surface area (Å²) in [7, 11) is -2.85. The van der Waals surface area contributed by atoms with Crippen LogP contribution in [0.15, 0.2) is 0 Å². The van der Waals surface area contributed by atoms with Crippen molar-refractivity contribution in [1.82, 2.24) is 5.32 Å². The van der Waals surface area contributed by atoms with Crippen molar-refractivity contribution in [2.45, 2.75) is 32.7 Å². The summed E-state index contributed by atoms with van der Waals surface area (Å²) >= 11 is 0. The molecule has 0 aromatic carbocycles. The molecule has 1 atom stereocenters. The maximum absolute atomic E-state index is 11.1. The SMILES string of the molecule is CCS(=O)(=O)CCNC(C)CCCO. The zero-order valence-corrected chi connectivity index (χ0v) is 9.81. The Kier molecular flexibility index (Phi) is 7.13. The van der Waals surface area contributed by atoms with Gasteiger partial charge in [0.25, 0.3) is 0 Å². The third-order valence-electron chi connectivity index (χ3n) is 2.14. The van der Waals surface area contributed by atoms with Crippen molar-refractivity contribution < 1.29 is 13.5 Å². The van der Waals surface area contributed by atoms with Crippen molar-refractivity contribution in [2.24, 2.45) is 0 Å². The van der Waals surface area contributed by atoms with Crippen LogP contribution in [0, 0.1) is 0 Å². The van der Waals surface area contributed by atoms with Gasteiger partial charge in [0, 0.05) is 24.9 Å². The zero-order chi connectivity index (χ0) is 11.0. The second-order valence-corrected chi connectivity index (χ2v) is 5.93. The fourth-order valence-electron chi connectivity index (χ4n) is 1.10. The Labute approximate surface area is 86.6 Å². The number of hydrogen-bond donors (Lipinski definition) is 2. The molecule has 1 unspecified atom stereocenters. The van der Waals surface area contributed by atoms with E-state index in [4.69, 9.17) is 5.11 Å². The first-order valence-corrected chi connectivity index (χ1v) is 6.88. The van der Waals surface area contributed by atoms with E-state index in [2.05, 4.69) is 5.32 Å². The molecule has 0 saturated carbocycles. The highest BCUT2D eigenvalue weighted by Gasteiger charge is 2.07. The highest BCUT2D eigenvalue weighted by atomic mass is 32.2. The van der Waals surface area contributed by atoms with Crippen LogP contribution in [0.4, 0.5) is 0 Å². The van der Waals surface area contributed by atoms with E-state index >= 15 is 0 Å². The van der Waals surface area contributed by atoms with Crippen LogP contribution in [0.3, 0.4) is 0 Å². The number of aliphatic hydroxyl groups is 1. The first kappa shape index (κ1) is 13.9. The van der Waals surface area contributed by atoms with Gasteiger partial charge in [0.1, 0.15) is 0 Å². The molecular formula is C9H21NO3S. The lowest BCUT2D eigenvalue weighted by Crippen LogP contribution is -2.31. The molecule has 0 heterocycles. The molecule has 0 saturated heterocycles. The summed E-state index contributed by atoms with van der Waals surface area (Å²) in [5.74, 6) is 0.409. The van der Waals surface area contributed by atoms with Crippen LogP contribution in [-0.4, -0.2) is 44.2 Å². The Hall–Kier alpha value is -0.130. The molecule has 4 nitrogen and oxygen atoms in total. The van der Waals surface area contributed by atoms with Gasteiger partial charge in [-0.15, -0.1) is 0 Å². The molecule has 0 aromatic heterocycles. The molecule has 0 aliphatic carbocycles. The van der Waals surface area contributed by atoms with Gasteiger partial charge < -0.3 is 10.4 Å². The van der Waals surface area contributed by atoms with Gasteiger partial charge in [-0.1, -0.05) is 6.92 Å². The topological polar surface area (TPSA) is 66.4 Å². The third-order valence-corrected chi connectivity index (χ3v) is 3.85. The minimum atomic E-state index is -2.85. The smallest absolute Gasteiger partial charge is 0.151 e. The monoisotopic (exact) mass is 223 g/mol. The van der Waals surface area contributed by atoms with Crippen LogP contribution in [0.25, 0.3) is 0 Å². The Bertz CT molecular complexity index is 226. The van der Waals surface area contributed by atoms with Crippen LogP contribution in [-0.2, 0) is 9.84 Å². The summed E-state index contributed by atoms with van der Waals surface area (Å²) in [6.07, 6.45) is 1.64. The number of rotatable bonds is 8. The average molecular weight is 223 g/mol. The highest BCUT2D eigenvalue weighted by molar-refractivity contribution is 7.91. The first-order chi connectivity index (χ1) is 6.52. The minimum Gasteiger partial charge on any atom is -0.396 e. The summed E-state index contributed by atoms with van der Waals surface area (Å²) in [6, 6.07) is 0.272. The van der Waals surface area contributed by atoms with Crippen molar-refractivity contribution in [1.29, 1.82) is 0 Å². The molecule has 5 heteroatoms. The largest absolute Gasteiger partial charge is 0.396 e. The second-order valence-electron chi connectivity index (χ2n) is 3.46. The Morgan fingerprint density at radius 3 is 2.57 bits per heavy atom. The Morgan fingerprint density at radius 1 is 1.43 bits per heavy atom. The van der Waals surface area contributed by atoms with Crippen LogP contribution >= 0.6 is 0 Å². The number of sulfone groups is 1. The van der Waals surface area contributed by atoms with Crippen LogP contribution < -0.4 is 5.32 Å². The molecule has 0 aromatic rings. The molecule has 2 N–H and O–H groups in total. The lowest BCUT2D eigenvalue weighted by atomic mass is 10.2. The number of nitrogens with one attached hydrogen (secondary N) is 1. The molecule has 0 amide bonds. The lowest BCUT2D eigenvalue weighted by molar-refractivity contribution is 0.277. The molecule has 14 heavy (non-hydrogen) atoms. The van der Waals surface area contributed by atoms with E-state index in [1.165, 1.54) is 0 Å². The molecule has 0 fully saturated rings. The van der Waals surface area contributed by atoms with Crippen LogP contribution in [0.1, 0.15) is 26.7 Å². The van der Waals surface area contributed by atoms with Crippen LogP contribution in [0.5, 0.6) is 0 Å². The summed E-state index contributed by atoms with van der Waals surface area (Å²) < 4.78 is 22.2. The van der Waals surface area contributed by atoms with Gasteiger partial charge in [-0.25, -0.2) is 8.42 Å². The van der Waals surface area contributed by atoms with Gasteiger partial charge in [0.05, 0.1) is 5.75 Å². The van der Waals surface area contributed by atoms with Gasteiger partial charge in [-0.2, -0.15) is 0 Å². The molecule has 0 spiro atoms. The van der Waals surface area contributed by atoms with Crippen molar-refractivity contribution in [3.8, 4) is 0 Å². The molecule has 0 aliphatic rings. The first-order valence-electron chi connectivity index (χ1n) is 5.06. The van der Waals surface area contributed by atoms with E-state index in [0.717, 1.165) is 12.8 Å². The summed E-state index contributed by atoms with van der Waals surface area (Å²) in [6.45, 7) is 4.35. The summed E-state index contributed by atoms with van der Waals surface area (Å²) in [4.78, 5) is 0. The van der Waals surface area contributed by atoms with Crippen molar-refractivity contribution in [3.05, 3.63) is 0 Å². The van der Waals surface area contributed by atoms with Crippen molar-refractivity contribution >= 4 is 9.84 Å². The van der Waals surface area contributed by atoms with Crippen LogP contribution in [0.2, 0.25) is 0 Å². The lowest BCUT2D eigenvalue weighted by Gasteiger charge is -2.12. The normalized spacial score (nSPS) is 14.2. The molecule has 86 valence electrons.